The van der Waals surface area contributed by atoms with Crippen molar-refractivity contribution in [3.63, 3.8) is 0 Å². The third-order valence-corrected chi connectivity index (χ3v) is 7.97. The van der Waals surface area contributed by atoms with Gasteiger partial charge in [-0.05, 0) is 39.0 Å². The van der Waals surface area contributed by atoms with Gasteiger partial charge in [0.15, 0.2) is 12.6 Å². The molecule has 11 nitrogen and oxygen atoms in total. The predicted molar refractivity (Wildman–Crippen MR) is 183 cm³/mol. The van der Waals surface area contributed by atoms with Crippen LogP contribution in [0.2, 0.25) is 0 Å². The molecule has 280 valence electrons. The standard InChI is InChI=1S/C36H70O11/c1-8-14-20-39-26-30(28(7)41-22-16-10-3)46-35(31(42-23-17-11-4)27-40-21-15-9-2)47-33-32(38)29(25-37)45-36(44-19-13-6)34(33)43-24-18-12-5/h13,28-38H,6,8-12,14-27H2,1-5,7H3/t28-,29?,30?,31-,32+,33?,34?,35-,36-/m0/s1. The van der Waals surface area contributed by atoms with Crippen molar-refractivity contribution in [2.24, 2.45) is 0 Å². The maximum Gasteiger partial charge on any atom is 0.187 e. The van der Waals surface area contributed by atoms with Gasteiger partial charge in [0.25, 0.3) is 0 Å². The Balaban J connectivity index is 3.52. The van der Waals surface area contributed by atoms with Crippen LogP contribution in [-0.4, -0.2) is 125 Å². The van der Waals surface area contributed by atoms with Gasteiger partial charge in [0, 0.05) is 33.0 Å². The van der Waals surface area contributed by atoms with Gasteiger partial charge in [0.2, 0.25) is 0 Å². The average Bonchev–Trinajstić information content (AvgIpc) is 3.07. The number of unbranched alkanes of at least 4 members (excludes halogenated alkanes) is 5. The minimum atomic E-state index is -1.24. The predicted octanol–water partition coefficient (Wildman–Crippen LogP) is 5.57. The summed E-state index contributed by atoms with van der Waals surface area (Å²) in [5, 5.41) is 21.7. The topological polar surface area (TPSA) is 124 Å². The zero-order valence-electron chi connectivity index (χ0n) is 30.5. The number of aliphatic hydroxyl groups is 2. The van der Waals surface area contributed by atoms with E-state index >= 15 is 0 Å². The molecular weight excluding hydrogens is 608 g/mol. The maximum atomic E-state index is 11.5. The molecule has 1 rings (SSSR count). The van der Waals surface area contributed by atoms with Gasteiger partial charge in [-0.2, -0.15) is 0 Å². The molecule has 1 saturated heterocycles. The third-order valence-electron chi connectivity index (χ3n) is 7.97. The van der Waals surface area contributed by atoms with Crippen molar-refractivity contribution >= 4 is 0 Å². The first kappa shape index (κ1) is 44.3. The second-order valence-electron chi connectivity index (χ2n) is 12.2. The van der Waals surface area contributed by atoms with E-state index in [1.54, 1.807) is 6.08 Å². The molecule has 1 heterocycles. The van der Waals surface area contributed by atoms with Gasteiger partial charge in [-0.15, -0.1) is 6.58 Å². The van der Waals surface area contributed by atoms with Crippen molar-refractivity contribution in [2.75, 3.05) is 59.5 Å². The summed E-state index contributed by atoms with van der Waals surface area (Å²) < 4.78 is 56.5. The maximum absolute atomic E-state index is 11.5. The van der Waals surface area contributed by atoms with Crippen molar-refractivity contribution in [2.45, 2.75) is 161 Å². The molecule has 0 bridgehead atoms. The Bertz CT molecular complexity index is 714. The third kappa shape index (κ3) is 18.2. The normalized spacial score (nSPS) is 24.2. The van der Waals surface area contributed by atoms with Crippen molar-refractivity contribution in [1.82, 2.24) is 0 Å². The van der Waals surface area contributed by atoms with Gasteiger partial charge < -0.3 is 52.8 Å². The summed E-state index contributed by atoms with van der Waals surface area (Å²) in [4.78, 5) is 0. The highest BCUT2D eigenvalue weighted by molar-refractivity contribution is 4.93. The van der Waals surface area contributed by atoms with Crippen LogP contribution in [0.15, 0.2) is 12.7 Å². The molecule has 1 fully saturated rings. The second-order valence-corrected chi connectivity index (χ2v) is 12.2. The van der Waals surface area contributed by atoms with Crippen molar-refractivity contribution < 1.29 is 52.8 Å². The van der Waals surface area contributed by atoms with Gasteiger partial charge >= 0.3 is 0 Å². The van der Waals surface area contributed by atoms with Crippen molar-refractivity contribution in [3.05, 3.63) is 12.7 Å². The fraction of sp³-hybridized carbons (Fsp3) is 0.944. The van der Waals surface area contributed by atoms with Crippen LogP contribution < -0.4 is 0 Å². The van der Waals surface area contributed by atoms with Gasteiger partial charge in [-0.25, -0.2) is 0 Å². The van der Waals surface area contributed by atoms with E-state index in [0.29, 0.717) is 39.6 Å². The van der Waals surface area contributed by atoms with Crippen LogP contribution in [0.5, 0.6) is 0 Å². The van der Waals surface area contributed by atoms with Gasteiger partial charge in [-0.3, -0.25) is 0 Å². The molecule has 0 amide bonds. The van der Waals surface area contributed by atoms with Gasteiger partial charge in [-0.1, -0.05) is 72.8 Å². The van der Waals surface area contributed by atoms with Crippen LogP contribution in [0, 0.1) is 0 Å². The summed E-state index contributed by atoms with van der Waals surface area (Å²) in [5.74, 6) is 0. The minimum absolute atomic E-state index is 0.191. The first-order chi connectivity index (χ1) is 22.9. The molecule has 0 aromatic carbocycles. The summed E-state index contributed by atoms with van der Waals surface area (Å²) in [6.07, 6.45) is 3.59. The fourth-order valence-electron chi connectivity index (χ4n) is 4.85. The smallest absolute Gasteiger partial charge is 0.187 e. The lowest BCUT2D eigenvalue weighted by Crippen LogP contribution is -2.63. The first-order valence-corrected chi connectivity index (χ1v) is 18.4. The molecule has 11 heteroatoms. The Kier molecular flexibility index (Phi) is 27.4. The average molecular weight is 679 g/mol. The van der Waals surface area contributed by atoms with Crippen LogP contribution >= 0.6 is 0 Å². The summed E-state index contributed by atoms with van der Waals surface area (Å²) in [5.41, 5.74) is 0. The second kappa shape index (κ2) is 29.1. The number of hydrogen-bond donors (Lipinski definition) is 2. The lowest BCUT2D eigenvalue weighted by Gasteiger charge is -2.45. The van der Waals surface area contributed by atoms with E-state index in [2.05, 4.69) is 41.2 Å². The van der Waals surface area contributed by atoms with E-state index in [0.717, 1.165) is 64.2 Å². The van der Waals surface area contributed by atoms with Crippen LogP contribution in [0.1, 0.15) is 106 Å². The number of aliphatic hydroxyl groups excluding tert-OH is 2. The highest BCUT2D eigenvalue weighted by Gasteiger charge is 2.49. The molecule has 4 unspecified atom stereocenters. The summed E-state index contributed by atoms with van der Waals surface area (Å²) in [6.45, 7) is 19.2. The van der Waals surface area contributed by atoms with Gasteiger partial charge in [0.1, 0.15) is 36.6 Å². The number of ether oxygens (including phenoxy) is 9. The van der Waals surface area contributed by atoms with E-state index in [1.807, 2.05) is 6.92 Å². The Morgan fingerprint density at radius 3 is 1.85 bits per heavy atom. The summed E-state index contributed by atoms with van der Waals surface area (Å²) in [7, 11) is 0. The van der Waals surface area contributed by atoms with Crippen LogP contribution in [-0.2, 0) is 42.6 Å². The molecule has 0 aromatic heterocycles. The monoisotopic (exact) mass is 678 g/mol. The molecule has 0 aliphatic carbocycles. The number of rotatable bonds is 32. The van der Waals surface area contributed by atoms with Crippen LogP contribution in [0.25, 0.3) is 0 Å². The highest BCUT2D eigenvalue weighted by Crippen LogP contribution is 2.30. The Hall–Kier alpha value is -0.700. The summed E-state index contributed by atoms with van der Waals surface area (Å²) >= 11 is 0. The quantitative estimate of drug-likeness (QED) is 0.0527. The Labute approximate surface area is 285 Å². The molecule has 9 atom stereocenters. The first-order valence-electron chi connectivity index (χ1n) is 18.4. The van der Waals surface area contributed by atoms with E-state index in [9.17, 15) is 10.2 Å². The minimum Gasteiger partial charge on any atom is -0.394 e. The van der Waals surface area contributed by atoms with E-state index in [1.165, 1.54) is 0 Å². The largest absolute Gasteiger partial charge is 0.394 e. The zero-order valence-corrected chi connectivity index (χ0v) is 30.5. The van der Waals surface area contributed by atoms with Crippen molar-refractivity contribution in [3.8, 4) is 0 Å². The van der Waals surface area contributed by atoms with E-state index in [-0.39, 0.29) is 19.3 Å². The molecular formula is C36H70O11. The lowest BCUT2D eigenvalue weighted by molar-refractivity contribution is -0.350. The molecule has 0 saturated carbocycles. The molecule has 0 spiro atoms. The Morgan fingerprint density at radius 1 is 0.723 bits per heavy atom. The molecule has 47 heavy (non-hydrogen) atoms. The zero-order chi connectivity index (χ0) is 34.7. The van der Waals surface area contributed by atoms with Crippen molar-refractivity contribution in [1.29, 1.82) is 0 Å². The van der Waals surface area contributed by atoms with E-state index in [4.69, 9.17) is 42.6 Å². The molecule has 0 radical (unpaired) electrons. The molecule has 1 aliphatic rings. The molecule has 1 aliphatic heterocycles. The molecule has 0 aromatic rings. The van der Waals surface area contributed by atoms with Crippen LogP contribution in [0.3, 0.4) is 0 Å². The highest BCUT2D eigenvalue weighted by atomic mass is 16.7. The SMILES string of the molecule is C=CCO[C@H]1OC(CO)[C@@H](O)C(O[C@H](OC(COCCCC)[C@H](C)OCCCC)[C@H](COCCCC)OCCCC)C1OCCCC. The summed E-state index contributed by atoms with van der Waals surface area (Å²) in [6, 6.07) is 0. The Morgan fingerprint density at radius 2 is 1.28 bits per heavy atom. The fourth-order valence-corrected chi connectivity index (χ4v) is 4.85. The number of hydrogen-bond acceptors (Lipinski definition) is 11. The van der Waals surface area contributed by atoms with E-state index < -0.39 is 55.8 Å². The van der Waals surface area contributed by atoms with Gasteiger partial charge in [0.05, 0.1) is 32.5 Å². The molecule has 2 N–H and O–H groups in total. The van der Waals surface area contributed by atoms with Crippen LogP contribution in [0.4, 0.5) is 0 Å². The lowest BCUT2D eigenvalue weighted by atomic mass is 9.98.